The Labute approximate surface area is 136 Å². The minimum atomic E-state index is 0.268. The van der Waals surface area contributed by atoms with Gasteiger partial charge >= 0.3 is 0 Å². The molecule has 0 saturated carbocycles. The number of fused-ring (bicyclic) bond motifs is 1. The van der Waals surface area contributed by atoms with Gasteiger partial charge in [0.2, 0.25) is 0 Å². The van der Waals surface area contributed by atoms with Crippen molar-refractivity contribution in [3.8, 4) is 11.5 Å². The first kappa shape index (κ1) is 14.5. The summed E-state index contributed by atoms with van der Waals surface area (Å²) < 4.78 is 13.7. The van der Waals surface area contributed by atoms with Crippen LogP contribution in [0.3, 0.4) is 0 Å². The molecule has 0 spiro atoms. The third kappa shape index (κ3) is 2.80. The maximum atomic E-state index is 5.86. The fraction of sp³-hybridized carbons (Fsp3) is 0.471. The summed E-state index contributed by atoms with van der Waals surface area (Å²) >= 11 is 0. The Kier molecular flexibility index (Phi) is 3.93. The van der Waals surface area contributed by atoms with Crippen molar-refractivity contribution in [1.29, 1.82) is 0 Å². The molecule has 2 aromatic rings. The highest BCUT2D eigenvalue weighted by atomic mass is 16.6. The third-order valence-electron chi connectivity index (χ3n) is 4.53. The fourth-order valence-corrected chi connectivity index (χ4v) is 3.37. The van der Waals surface area contributed by atoms with Crippen LogP contribution in [0, 0.1) is 0 Å². The van der Waals surface area contributed by atoms with Crippen LogP contribution in [0.1, 0.15) is 17.4 Å². The Morgan fingerprint density at radius 1 is 1.30 bits per heavy atom. The van der Waals surface area contributed by atoms with Crippen molar-refractivity contribution in [2.75, 3.05) is 32.8 Å². The summed E-state index contributed by atoms with van der Waals surface area (Å²) in [4.78, 5) is 7.01. The van der Waals surface area contributed by atoms with Crippen LogP contribution in [0.25, 0.3) is 0 Å². The van der Waals surface area contributed by atoms with Gasteiger partial charge in [0.25, 0.3) is 0 Å². The number of hydrogen-bond donors (Lipinski definition) is 1. The van der Waals surface area contributed by atoms with E-state index >= 15 is 0 Å². The van der Waals surface area contributed by atoms with Crippen molar-refractivity contribution in [3.63, 3.8) is 0 Å². The van der Waals surface area contributed by atoms with E-state index in [2.05, 4.69) is 32.9 Å². The Hall–Kier alpha value is -2.05. The lowest BCUT2D eigenvalue weighted by Crippen LogP contribution is -2.46. The number of benzene rings is 1. The van der Waals surface area contributed by atoms with E-state index < -0.39 is 0 Å². The molecular weight excluding hydrogens is 292 g/mol. The zero-order valence-corrected chi connectivity index (χ0v) is 13.4. The predicted octanol–water partition coefficient (Wildman–Crippen LogP) is 1.34. The molecule has 6 heteroatoms. The van der Waals surface area contributed by atoms with E-state index in [9.17, 15) is 0 Å². The summed E-state index contributed by atoms with van der Waals surface area (Å²) in [6, 6.07) is 6.42. The molecule has 2 aliphatic heterocycles. The van der Waals surface area contributed by atoms with Crippen LogP contribution in [-0.2, 0) is 13.6 Å². The van der Waals surface area contributed by atoms with Gasteiger partial charge < -0.3 is 19.4 Å². The van der Waals surface area contributed by atoms with Crippen molar-refractivity contribution in [2.45, 2.75) is 12.6 Å². The Balaban J connectivity index is 1.61. The van der Waals surface area contributed by atoms with Crippen molar-refractivity contribution in [3.05, 3.63) is 42.0 Å². The van der Waals surface area contributed by atoms with Gasteiger partial charge in [0.15, 0.2) is 11.5 Å². The van der Waals surface area contributed by atoms with E-state index in [4.69, 9.17) is 9.47 Å². The summed E-state index contributed by atoms with van der Waals surface area (Å²) in [6.45, 7) is 4.98. The molecule has 1 aromatic carbocycles. The van der Waals surface area contributed by atoms with Crippen LogP contribution in [-0.4, -0.2) is 47.3 Å². The number of nitrogens with one attached hydrogen (secondary N) is 1. The first-order valence-electron chi connectivity index (χ1n) is 8.12. The number of rotatable bonds is 3. The molecule has 1 atom stereocenters. The van der Waals surface area contributed by atoms with E-state index in [1.807, 2.05) is 24.5 Å². The van der Waals surface area contributed by atoms with E-state index in [1.165, 1.54) is 5.56 Å². The number of piperazine rings is 1. The molecular formula is C17H22N4O2. The SMILES string of the molecule is Cn1ccnc1C1CNCCN1Cc1cccc2c1OCCO2. The predicted molar refractivity (Wildman–Crippen MR) is 86.7 cm³/mol. The van der Waals surface area contributed by atoms with E-state index in [0.29, 0.717) is 13.2 Å². The molecule has 23 heavy (non-hydrogen) atoms. The van der Waals surface area contributed by atoms with Gasteiger partial charge in [-0.15, -0.1) is 0 Å². The summed E-state index contributed by atoms with van der Waals surface area (Å²) in [5.41, 5.74) is 1.18. The average Bonchev–Trinajstić information content (AvgIpc) is 3.02. The quantitative estimate of drug-likeness (QED) is 0.926. The van der Waals surface area contributed by atoms with Crippen LogP contribution >= 0.6 is 0 Å². The molecule has 0 aliphatic carbocycles. The number of nitrogens with zero attached hydrogens (tertiary/aromatic N) is 3. The molecule has 0 bridgehead atoms. The highest BCUT2D eigenvalue weighted by molar-refractivity contribution is 5.47. The lowest BCUT2D eigenvalue weighted by atomic mass is 10.1. The van der Waals surface area contributed by atoms with Crippen LogP contribution < -0.4 is 14.8 Å². The zero-order valence-electron chi connectivity index (χ0n) is 13.4. The molecule has 0 amide bonds. The Morgan fingerprint density at radius 3 is 3.09 bits per heavy atom. The number of aryl methyl sites for hydroxylation is 1. The molecule has 3 heterocycles. The number of hydrogen-bond acceptors (Lipinski definition) is 5. The largest absolute Gasteiger partial charge is 0.486 e. The summed E-state index contributed by atoms with van der Waals surface area (Å²) in [5.74, 6) is 2.85. The van der Waals surface area contributed by atoms with Crippen LogP contribution in [0.5, 0.6) is 11.5 Å². The molecule has 6 nitrogen and oxygen atoms in total. The summed E-state index contributed by atoms with van der Waals surface area (Å²) in [6.07, 6.45) is 3.87. The molecule has 2 aliphatic rings. The first-order valence-corrected chi connectivity index (χ1v) is 8.12. The molecule has 1 N–H and O–H groups in total. The van der Waals surface area contributed by atoms with Gasteiger partial charge in [0, 0.05) is 51.2 Å². The molecule has 1 aromatic heterocycles. The van der Waals surface area contributed by atoms with Crippen molar-refractivity contribution >= 4 is 0 Å². The topological polar surface area (TPSA) is 51.6 Å². The maximum Gasteiger partial charge on any atom is 0.165 e. The first-order chi connectivity index (χ1) is 11.3. The molecule has 122 valence electrons. The fourth-order valence-electron chi connectivity index (χ4n) is 3.37. The lowest BCUT2D eigenvalue weighted by molar-refractivity contribution is 0.136. The van der Waals surface area contributed by atoms with Gasteiger partial charge in [-0.3, -0.25) is 4.90 Å². The van der Waals surface area contributed by atoms with E-state index in [-0.39, 0.29) is 6.04 Å². The van der Waals surface area contributed by atoms with Crippen LogP contribution in [0.2, 0.25) is 0 Å². The monoisotopic (exact) mass is 314 g/mol. The number of para-hydroxylation sites is 1. The Morgan fingerprint density at radius 2 is 2.22 bits per heavy atom. The number of aromatic nitrogens is 2. The molecule has 1 unspecified atom stereocenters. The van der Waals surface area contributed by atoms with Crippen LogP contribution in [0.4, 0.5) is 0 Å². The van der Waals surface area contributed by atoms with E-state index in [0.717, 1.165) is 43.5 Å². The van der Waals surface area contributed by atoms with Crippen molar-refractivity contribution in [1.82, 2.24) is 19.8 Å². The van der Waals surface area contributed by atoms with E-state index in [1.54, 1.807) is 0 Å². The zero-order chi connectivity index (χ0) is 15.6. The summed E-state index contributed by atoms with van der Waals surface area (Å²) in [5, 5.41) is 3.48. The Bertz CT molecular complexity index is 685. The second-order valence-corrected chi connectivity index (χ2v) is 6.03. The third-order valence-corrected chi connectivity index (χ3v) is 4.53. The van der Waals surface area contributed by atoms with Crippen LogP contribution in [0.15, 0.2) is 30.6 Å². The smallest absolute Gasteiger partial charge is 0.165 e. The van der Waals surface area contributed by atoms with Gasteiger partial charge in [-0.25, -0.2) is 4.98 Å². The maximum absolute atomic E-state index is 5.86. The molecule has 4 rings (SSSR count). The highest BCUT2D eigenvalue weighted by Crippen LogP contribution is 2.35. The summed E-state index contributed by atoms with van der Waals surface area (Å²) in [7, 11) is 2.05. The average molecular weight is 314 g/mol. The van der Waals surface area contributed by atoms with Gasteiger partial charge in [0.1, 0.15) is 19.0 Å². The standard InChI is InChI=1S/C17H22N4O2/c1-20-7-6-19-17(20)14-11-18-5-8-21(14)12-13-3-2-4-15-16(13)23-10-9-22-15/h2-4,6-7,14,18H,5,8-12H2,1H3. The molecule has 1 fully saturated rings. The second-order valence-electron chi connectivity index (χ2n) is 6.03. The minimum Gasteiger partial charge on any atom is -0.486 e. The van der Waals surface area contributed by atoms with Gasteiger partial charge in [-0.05, 0) is 6.07 Å². The minimum absolute atomic E-state index is 0.268. The van der Waals surface area contributed by atoms with Crippen molar-refractivity contribution < 1.29 is 9.47 Å². The normalized spacial score (nSPS) is 21.3. The number of imidazole rings is 1. The molecule has 1 saturated heterocycles. The van der Waals surface area contributed by atoms with Gasteiger partial charge in [-0.2, -0.15) is 0 Å². The lowest BCUT2D eigenvalue weighted by Gasteiger charge is -2.36. The van der Waals surface area contributed by atoms with Gasteiger partial charge in [-0.1, -0.05) is 12.1 Å². The second kappa shape index (κ2) is 6.22. The van der Waals surface area contributed by atoms with Gasteiger partial charge in [0.05, 0.1) is 6.04 Å². The number of ether oxygens (including phenoxy) is 2. The van der Waals surface area contributed by atoms with Crippen molar-refractivity contribution in [2.24, 2.45) is 7.05 Å². The highest BCUT2D eigenvalue weighted by Gasteiger charge is 2.28. The molecule has 0 radical (unpaired) electrons.